The van der Waals surface area contributed by atoms with E-state index in [1.54, 1.807) is 0 Å². The zero-order valence-corrected chi connectivity index (χ0v) is 20.1. The molecule has 2 aliphatic rings. The van der Waals surface area contributed by atoms with Gasteiger partial charge in [-0.3, -0.25) is 14.7 Å². The Balaban J connectivity index is 0.00000300. The summed E-state index contributed by atoms with van der Waals surface area (Å²) in [7, 11) is 0. The zero-order valence-electron chi connectivity index (χ0n) is 17.8. The van der Waals surface area contributed by atoms with Crippen LogP contribution in [0.1, 0.15) is 45.1 Å². The van der Waals surface area contributed by atoms with Crippen LogP contribution in [0.4, 0.5) is 0 Å². The van der Waals surface area contributed by atoms with Gasteiger partial charge in [-0.2, -0.15) is 0 Å². The molecule has 0 saturated carbocycles. The summed E-state index contributed by atoms with van der Waals surface area (Å²) in [6.07, 6.45) is 4.02. The monoisotopic (exact) mass is 513 g/mol. The van der Waals surface area contributed by atoms with Gasteiger partial charge < -0.3 is 15.5 Å². The summed E-state index contributed by atoms with van der Waals surface area (Å²) in [5.74, 6) is 1.12. The predicted molar refractivity (Wildman–Crippen MR) is 130 cm³/mol. The van der Waals surface area contributed by atoms with Gasteiger partial charge in [0.15, 0.2) is 5.96 Å². The summed E-state index contributed by atoms with van der Waals surface area (Å²) < 4.78 is 0. The molecule has 0 spiro atoms. The lowest BCUT2D eigenvalue weighted by atomic mass is 10.2. The molecule has 2 N–H and O–H groups in total. The third-order valence-electron chi connectivity index (χ3n) is 5.72. The second kappa shape index (κ2) is 12.4. The number of carbonyl (C=O) groups excluding carboxylic acids is 1. The summed E-state index contributed by atoms with van der Waals surface area (Å²) in [5.41, 5.74) is 1.37. The molecule has 0 aliphatic carbocycles. The Morgan fingerprint density at radius 3 is 2.69 bits per heavy atom. The predicted octanol–water partition coefficient (Wildman–Crippen LogP) is 2.84. The van der Waals surface area contributed by atoms with E-state index in [1.807, 2.05) is 11.8 Å². The van der Waals surface area contributed by atoms with Crippen LogP contribution in [-0.2, 0) is 11.3 Å². The van der Waals surface area contributed by atoms with Crippen LogP contribution < -0.4 is 10.6 Å². The van der Waals surface area contributed by atoms with E-state index in [0.717, 1.165) is 51.6 Å². The lowest BCUT2D eigenvalue weighted by Crippen LogP contribution is -2.45. The van der Waals surface area contributed by atoms with Gasteiger partial charge in [-0.05, 0) is 38.3 Å². The van der Waals surface area contributed by atoms with Crippen molar-refractivity contribution in [3.63, 3.8) is 0 Å². The van der Waals surface area contributed by atoms with Crippen molar-refractivity contribution in [2.75, 3.05) is 32.7 Å². The van der Waals surface area contributed by atoms with Crippen LogP contribution >= 0.6 is 24.0 Å². The molecule has 2 heterocycles. The number of guanidine groups is 1. The lowest BCUT2D eigenvalue weighted by molar-refractivity contribution is -0.129. The maximum absolute atomic E-state index is 11.9. The van der Waals surface area contributed by atoms with Crippen LogP contribution in [0.15, 0.2) is 35.3 Å². The molecule has 1 aromatic rings. The Morgan fingerprint density at radius 2 is 1.97 bits per heavy atom. The van der Waals surface area contributed by atoms with Crippen LogP contribution in [0.5, 0.6) is 0 Å². The number of hydrogen-bond acceptors (Lipinski definition) is 3. The minimum atomic E-state index is 0. The smallest absolute Gasteiger partial charge is 0.222 e. The van der Waals surface area contributed by atoms with Gasteiger partial charge >= 0.3 is 0 Å². The van der Waals surface area contributed by atoms with Crippen LogP contribution in [0.3, 0.4) is 0 Å². The van der Waals surface area contributed by atoms with Crippen molar-refractivity contribution in [2.45, 2.75) is 58.2 Å². The zero-order chi connectivity index (χ0) is 19.8. The summed E-state index contributed by atoms with van der Waals surface area (Å²) in [5, 5.41) is 6.91. The highest BCUT2D eigenvalue weighted by atomic mass is 127. The number of halogens is 1. The molecule has 0 bridgehead atoms. The van der Waals surface area contributed by atoms with Gasteiger partial charge in [0, 0.05) is 44.7 Å². The number of amides is 1. The molecule has 162 valence electrons. The van der Waals surface area contributed by atoms with Crippen LogP contribution in [0.2, 0.25) is 0 Å². The number of aliphatic imine (C=N–C) groups is 1. The molecule has 2 saturated heterocycles. The summed E-state index contributed by atoms with van der Waals surface area (Å²) >= 11 is 0. The minimum absolute atomic E-state index is 0. The first kappa shape index (κ1) is 23.9. The maximum Gasteiger partial charge on any atom is 0.222 e. The Morgan fingerprint density at radius 1 is 1.17 bits per heavy atom. The number of rotatable bonds is 7. The van der Waals surface area contributed by atoms with Crippen molar-refractivity contribution in [3.8, 4) is 0 Å². The molecule has 2 atom stereocenters. The molecule has 6 nitrogen and oxygen atoms in total. The van der Waals surface area contributed by atoms with Gasteiger partial charge in [0.25, 0.3) is 0 Å². The standard InChI is InChI=1S/C22H35N5O.HI/c1-3-21(28)27-14-12-19(17-27)25-22(23-4-2)24-15-20-11-8-13-26(20)16-18-9-6-5-7-10-18;/h5-7,9-10,19-20H,3-4,8,11-17H2,1-2H3,(H2,23,24,25);1H. The Labute approximate surface area is 192 Å². The van der Waals surface area contributed by atoms with Crippen LogP contribution in [0.25, 0.3) is 0 Å². The summed E-state index contributed by atoms with van der Waals surface area (Å²) in [6.45, 7) is 9.45. The first-order valence-corrected chi connectivity index (χ1v) is 10.8. The van der Waals surface area contributed by atoms with E-state index in [-0.39, 0.29) is 35.9 Å². The number of carbonyl (C=O) groups is 1. The maximum atomic E-state index is 11.9. The van der Waals surface area contributed by atoms with Crippen molar-refractivity contribution in [3.05, 3.63) is 35.9 Å². The van der Waals surface area contributed by atoms with Gasteiger partial charge in [0.05, 0.1) is 6.54 Å². The average molecular weight is 513 g/mol. The molecule has 0 aromatic heterocycles. The fourth-order valence-corrected chi connectivity index (χ4v) is 4.17. The second-order valence-corrected chi connectivity index (χ2v) is 7.79. The normalized spacial score (nSPS) is 22.4. The highest BCUT2D eigenvalue weighted by Crippen LogP contribution is 2.20. The highest BCUT2D eigenvalue weighted by Gasteiger charge is 2.27. The van der Waals surface area contributed by atoms with Crippen LogP contribution in [0, 0.1) is 0 Å². The van der Waals surface area contributed by atoms with E-state index in [1.165, 1.54) is 18.4 Å². The van der Waals surface area contributed by atoms with E-state index in [0.29, 0.717) is 12.5 Å². The van der Waals surface area contributed by atoms with E-state index in [4.69, 9.17) is 4.99 Å². The first-order chi connectivity index (χ1) is 13.7. The summed E-state index contributed by atoms with van der Waals surface area (Å²) in [4.78, 5) is 21.3. The van der Waals surface area contributed by atoms with E-state index in [9.17, 15) is 4.79 Å². The van der Waals surface area contributed by atoms with Crippen molar-refractivity contribution < 1.29 is 4.79 Å². The molecule has 3 rings (SSSR count). The number of nitrogens with one attached hydrogen (secondary N) is 2. The van der Waals surface area contributed by atoms with Crippen molar-refractivity contribution in [1.29, 1.82) is 0 Å². The van der Waals surface area contributed by atoms with Crippen molar-refractivity contribution >= 4 is 35.8 Å². The van der Waals surface area contributed by atoms with Gasteiger partial charge in [-0.15, -0.1) is 24.0 Å². The average Bonchev–Trinajstić information content (AvgIpc) is 3.36. The number of benzene rings is 1. The molecule has 1 aromatic carbocycles. The molecule has 7 heteroatoms. The summed E-state index contributed by atoms with van der Waals surface area (Å²) in [6, 6.07) is 11.5. The fraction of sp³-hybridized carbons (Fsp3) is 0.636. The molecule has 0 radical (unpaired) electrons. The third kappa shape index (κ3) is 7.13. The van der Waals surface area contributed by atoms with Gasteiger partial charge in [0.2, 0.25) is 5.91 Å². The quantitative estimate of drug-likeness (QED) is 0.335. The number of likely N-dealkylation sites (tertiary alicyclic amines) is 2. The molecule has 1 amide bonds. The van der Waals surface area contributed by atoms with Gasteiger partial charge in [-0.1, -0.05) is 37.3 Å². The van der Waals surface area contributed by atoms with Gasteiger partial charge in [0.1, 0.15) is 0 Å². The van der Waals surface area contributed by atoms with Gasteiger partial charge in [-0.25, -0.2) is 0 Å². The SMILES string of the molecule is CCNC(=NCC1CCCN1Cc1ccccc1)NC1CCN(C(=O)CC)C1.I. The lowest BCUT2D eigenvalue weighted by Gasteiger charge is -2.24. The van der Waals surface area contributed by atoms with Crippen molar-refractivity contribution in [1.82, 2.24) is 20.4 Å². The van der Waals surface area contributed by atoms with Crippen molar-refractivity contribution in [2.24, 2.45) is 4.99 Å². The number of hydrogen-bond donors (Lipinski definition) is 2. The number of nitrogens with zero attached hydrogens (tertiary/aromatic N) is 3. The Kier molecular flexibility index (Phi) is 10.2. The minimum Gasteiger partial charge on any atom is -0.357 e. The Hall–Kier alpha value is -1.35. The third-order valence-corrected chi connectivity index (χ3v) is 5.72. The second-order valence-electron chi connectivity index (χ2n) is 7.79. The van der Waals surface area contributed by atoms with E-state index < -0.39 is 0 Å². The first-order valence-electron chi connectivity index (χ1n) is 10.8. The fourth-order valence-electron chi connectivity index (χ4n) is 4.17. The molecule has 2 aliphatic heterocycles. The highest BCUT2D eigenvalue weighted by molar-refractivity contribution is 14.0. The van der Waals surface area contributed by atoms with E-state index in [2.05, 4.69) is 52.8 Å². The molecular weight excluding hydrogens is 477 g/mol. The molecule has 29 heavy (non-hydrogen) atoms. The topological polar surface area (TPSA) is 60.0 Å². The Bertz CT molecular complexity index is 654. The van der Waals surface area contributed by atoms with Crippen LogP contribution in [-0.4, -0.2) is 66.5 Å². The molecule has 2 fully saturated rings. The molecule has 2 unspecified atom stereocenters. The van der Waals surface area contributed by atoms with E-state index >= 15 is 0 Å². The molecular formula is C22H36IN5O. The largest absolute Gasteiger partial charge is 0.357 e.